The number of hydrogen-bond donors (Lipinski definition) is 1. The van der Waals surface area contributed by atoms with E-state index in [1.54, 1.807) is 19.1 Å². The van der Waals surface area contributed by atoms with Crippen LogP contribution in [0.2, 0.25) is 0 Å². The van der Waals surface area contributed by atoms with E-state index in [2.05, 4.69) is 12.2 Å². The maximum absolute atomic E-state index is 12.5. The van der Waals surface area contributed by atoms with Gasteiger partial charge in [0.15, 0.2) is 5.76 Å². The molecule has 3 rings (SSSR count). The molecule has 0 fully saturated rings. The minimum absolute atomic E-state index is 0.182. The van der Waals surface area contributed by atoms with Crippen LogP contribution in [0.3, 0.4) is 0 Å². The first-order valence-corrected chi connectivity index (χ1v) is 9.24. The monoisotopic (exact) mass is 369 g/mol. The number of aryl methyl sites for hydroxylation is 1. The van der Waals surface area contributed by atoms with Crippen molar-refractivity contribution in [3.8, 4) is 11.1 Å². The topological polar surface area (TPSA) is 68.5 Å². The van der Waals surface area contributed by atoms with Crippen molar-refractivity contribution in [2.24, 2.45) is 0 Å². The highest BCUT2D eigenvalue weighted by molar-refractivity contribution is 7.15. The van der Waals surface area contributed by atoms with Crippen LogP contribution in [-0.4, -0.2) is 18.5 Å². The first kappa shape index (κ1) is 17.9. The first-order valence-electron chi connectivity index (χ1n) is 8.36. The molecule has 6 heteroatoms. The summed E-state index contributed by atoms with van der Waals surface area (Å²) >= 11 is 1.29. The number of carbonyl (C=O) groups excluding carboxylic acids is 2. The lowest BCUT2D eigenvalue weighted by Crippen LogP contribution is -2.14. The van der Waals surface area contributed by atoms with Crippen molar-refractivity contribution in [3.05, 3.63) is 64.9 Å². The fraction of sp³-hybridized carbons (Fsp3) is 0.200. The van der Waals surface area contributed by atoms with Crippen LogP contribution < -0.4 is 5.32 Å². The number of thiophene rings is 1. The first-order chi connectivity index (χ1) is 12.6. The van der Waals surface area contributed by atoms with E-state index in [1.807, 2.05) is 29.6 Å². The zero-order valence-corrected chi connectivity index (χ0v) is 15.4. The SMILES string of the molecule is CCOC(=O)c1c(-c2ccc(CC)cc2)csc1NC(=O)c1ccco1. The number of nitrogens with one attached hydrogen (secondary N) is 1. The third kappa shape index (κ3) is 3.70. The predicted molar refractivity (Wildman–Crippen MR) is 102 cm³/mol. The molecular formula is C20H19NO4S. The summed E-state index contributed by atoms with van der Waals surface area (Å²) in [5.41, 5.74) is 3.22. The second kappa shape index (κ2) is 8.01. The van der Waals surface area contributed by atoms with Crippen LogP contribution in [-0.2, 0) is 11.2 Å². The number of esters is 1. The minimum atomic E-state index is -0.460. The predicted octanol–water partition coefficient (Wildman–Crippen LogP) is 5.00. The largest absolute Gasteiger partial charge is 0.462 e. The fourth-order valence-electron chi connectivity index (χ4n) is 2.56. The van der Waals surface area contributed by atoms with Crippen LogP contribution >= 0.6 is 11.3 Å². The summed E-state index contributed by atoms with van der Waals surface area (Å²) in [4.78, 5) is 24.8. The average molecular weight is 369 g/mol. The molecule has 0 saturated carbocycles. The third-order valence-corrected chi connectivity index (χ3v) is 4.81. The number of hydrogen-bond acceptors (Lipinski definition) is 5. The summed E-state index contributed by atoms with van der Waals surface area (Å²) in [6.07, 6.45) is 2.37. The molecule has 0 atom stereocenters. The molecule has 0 radical (unpaired) electrons. The van der Waals surface area contributed by atoms with Gasteiger partial charge in [0.25, 0.3) is 5.91 Å². The molecule has 134 valence electrons. The Bertz CT molecular complexity index is 895. The Balaban J connectivity index is 1.97. The van der Waals surface area contributed by atoms with E-state index in [1.165, 1.54) is 23.2 Å². The van der Waals surface area contributed by atoms with Crippen molar-refractivity contribution in [3.63, 3.8) is 0 Å². The van der Waals surface area contributed by atoms with Gasteiger partial charge in [-0.05, 0) is 36.6 Å². The van der Waals surface area contributed by atoms with Crippen LogP contribution in [0.25, 0.3) is 11.1 Å². The lowest BCUT2D eigenvalue weighted by atomic mass is 10.0. The van der Waals surface area contributed by atoms with Crippen molar-refractivity contribution in [1.82, 2.24) is 0 Å². The van der Waals surface area contributed by atoms with E-state index in [0.29, 0.717) is 10.6 Å². The molecule has 2 aromatic heterocycles. The van der Waals surface area contributed by atoms with Crippen molar-refractivity contribution in [2.45, 2.75) is 20.3 Å². The van der Waals surface area contributed by atoms with Gasteiger partial charge in [-0.1, -0.05) is 31.2 Å². The molecule has 2 heterocycles. The van der Waals surface area contributed by atoms with Crippen LogP contribution in [0.5, 0.6) is 0 Å². The average Bonchev–Trinajstić information content (AvgIpc) is 3.32. The van der Waals surface area contributed by atoms with E-state index in [9.17, 15) is 9.59 Å². The highest BCUT2D eigenvalue weighted by atomic mass is 32.1. The summed E-state index contributed by atoms with van der Waals surface area (Å²) in [6.45, 7) is 4.10. The molecule has 0 saturated heterocycles. The standard InChI is InChI=1S/C20H19NO4S/c1-3-13-7-9-14(10-8-13)15-12-26-19(17(15)20(23)24-4-2)21-18(22)16-6-5-11-25-16/h5-12H,3-4H2,1-2H3,(H,21,22). The fourth-order valence-corrected chi connectivity index (χ4v) is 3.51. The van der Waals surface area contributed by atoms with Gasteiger partial charge in [0, 0.05) is 10.9 Å². The maximum Gasteiger partial charge on any atom is 0.341 e. The van der Waals surface area contributed by atoms with E-state index in [4.69, 9.17) is 9.15 Å². The number of benzene rings is 1. The van der Waals surface area contributed by atoms with Gasteiger partial charge >= 0.3 is 5.97 Å². The molecule has 0 aliphatic carbocycles. The van der Waals surface area contributed by atoms with Gasteiger partial charge in [0.2, 0.25) is 0 Å². The Hall–Kier alpha value is -2.86. The van der Waals surface area contributed by atoms with Gasteiger partial charge in [0.1, 0.15) is 10.6 Å². The van der Waals surface area contributed by atoms with Gasteiger partial charge < -0.3 is 14.5 Å². The van der Waals surface area contributed by atoms with Crippen molar-refractivity contribution in [2.75, 3.05) is 11.9 Å². The Morgan fingerprint density at radius 2 is 1.92 bits per heavy atom. The van der Waals surface area contributed by atoms with E-state index in [-0.39, 0.29) is 12.4 Å². The summed E-state index contributed by atoms with van der Waals surface area (Å²) in [6, 6.07) is 11.2. The molecule has 3 aromatic rings. The smallest absolute Gasteiger partial charge is 0.341 e. The molecule has 1 aromatic carbocycles. The summed E-state index contributed by atoms with van der Waals surface area (Å²) in [5.74, 6) is -0.685. The van der Waals surface area contributed by atoms with Gasteiger partial charge in [0.05, 0.1) is 12.9 Å². The summed E-state index contributed by atoms with van der Waals surface area (Å²) in [5, 5.41) is 5.05. The Morgan fingerprint density at radius 1 is 1.15 bits per heavy atom. The second-order valence-corrected chi connectivity index (χ2v) is 6.44. The second-order valence-electron chi connectivity index (χ2n) is 5.56. The molecule has 0 spiro atoms. The summed E-state index contributed by atoms with van der Waals surface area (Å²) in [7, 11) is 0. The molecule has 0 bridgehead atoms. The van der Waals surface area contributed by atoms with Gasteiger partial charge in [-0.25, -0.2) is 4.79 Å². The van der Waals surface area contributed by atoms with E-state index in [0.717, 1.165) is 17.5 Å². The third-order valence-electron chi connectivity index (χ3n) is 3.92. The number of anilines is 1. The lowest BCUT2D eigenvalue weighted by Gasteiger charge is -2.08. The minimum Gasteiger partial charge on any atom is -0.462 e. The van der Waals surface area contributed by atoms with Gasteiger partial charge in [-0.2, -0.15) is 0 Å². The van der Waals surface area contributed by atoms with Crippen LogP contribution in [0.15, 0.2) is 52.5 Å². The van der Waals surface area contributed by atoms with Crippen LogP contribution in [0, 0.1) is 0 Å². The van der Waals surface area contributed by atoms with E-state index >= 15 is 0 Å². The molecule has 26 heavy (non-hydrogen) atoms. The molecule has 0 unspecified atom stereocenters. The highest BCUT2D eigenvalue weighted by Crippen LogP contribution is 2.36. The highest BCUT2D eigenvalue weighted by Gasteiger charge is 2.23. The van der Waals surface area contributed by atoms with Crippen molar-refractivity contribution >= 4 is 28.2 Å². The molecule has 1 amide bonds. The quantitative estimate of drug-likeness (QED) is 0.621. The zero-order valence-electron chi connectivity index (χ0n) is 14.6. The molecule has 1 N–H and O–H groups in total. The molecule has 0 aliphatic rings. The van der Waals surface area contributed by atoms with Gasteiger partial charge in [-0.15, -0.1) is 11.3 Å². The Kier molecular flexibility index (Phi) is 5.53. The van der Waals surface area contributed by atoms with Crippen LogP contribution in [0.1, 0.15) is 40.3 Å². The summed E-state index contributed by atoms with van der Waals surface area (Å²) < 4.78 is 10.3. The lowest BCUT2D eigenvalue weighted by molar-refractivity contribution is 0.0529. The number of carbonyl (C=O) groups is 2. The molecular weight excluding hydrogens is 350 g/mol. The van der Waals surface area contributed by atoms with E-state index < -0.39 is 11.9 Å². The normalized spacial score (nSPS) is 10.5. The Labute approximate surface area is 155 Å². The number of ether oxygens (including phenoxy) is 1. The van der Waals surface area contributed by atoms with Crippen molar-refractivity contribution in [1.29, 1.82) is 0 Å². The molecule has 0 aliphatic heterocycles. The number of furan rings is 1. The number of rotatable bonds is 6. The van der Waals surface area contributed by atoms with Gasteiger partial charge in [-0.3, -0.25) is 4.79 Å². The maximum atomic E-state index is 12.5. The zero-order chi connectivity index (χ0) is 18.5. The number of amides is 1. The Morgan fingerprint density at radius 3 is 2.54 bits per heavy atom. The van der Waals surface area contributed by atoms with Crippen molar-refractivity contribution < 1.29 is 18.7 Å². The van der Waals surface area contributed by atoms with Crippen LogP contribution in [0.4, 0.5) is 5.00 Å². The molecule has 5 nitrogen and oxygen atoms in total.